The van der Waals surface area contributed by atoms with Gasteiger partial charge in [-0.1, -0.05) is 42.1 Å². The summed E-state index contributed by atoms with van der Waals surface area (Å²) in [5.74, 6) is -0.575. The highest BCUT2D eigenvalue weighted by atomic mass is 32.2. The molecule has 0 saturated heterocycles. The molecule has 0 aliphatic carbocycles. The summed E-state index contributed by atoms with van der Waals surface area (Å²) in [6.45, 7) is 0. The fraction of sp³-hybridized carbons (Fsp3) is 0. The molecule has 0 saturated carbocycles. The average molecular weight is 282 g/mol. The second-order valence-corrected chi connectivity index (χ2v) is 5.26. The fourth-order valence-corrected chi connectivity index (χ4v) is 2.82. The van der Waals surface area contributed by atoms with Crippen LogP contribution in [0.2, 0.25) is 0 Å². The van der Waals surface area contributed by atoms with Gasteiger partial charge < -0.3 is 4.74 Å². The van der Waals surface area contributed by atoms with Crippen molar-refractivity contribution in [1.29, 1.82) is 0 Å². The van der Waals surface area contributed by atoms with E-state index in [0.717, 1.165) is 4.90 Å². The molecule has 98 valence electrons. The number of esters is 1. The van der Waals surface area contributed by atoms with Crippen LogP contribution in [0, 0.1) is 0 Å². The normalized spacial score (nSPS) is 15.2. The molecule has 0 N–H and O–H groups in total. The summed E-state index contributed by atoms with van der Waals surface area (Å²) in [5.41, 5.74) is 1.11. The van der Waals surface area contributed by atoms with Crippen LogP contribution in [0.3, 0.4) is 0 Å². The monoisotopic (exact) mass is 282 g/mol. The number of hydrogen-bond donors (Lipinski definition) is 0. The second kappa shape index (κ2) is 5.35. The van der Waals surface area contributed by atoms with Gasteiger partial charge in [0, 0.05) is 10.5 Å². The second-order valence-electron chi connectivity index (χ2n) is 4.18. The van der Waals surface area contributed by atoms with Gasteiger partial charge in [-0.3, -0.25) is 4.79 Å². The summed E-state index contributed by atoms with van der Waals surface area (Å²) in [7, 11) is 0. The highest BCUT2D eigenvalue weighted by Crippen LogP contribution is 2.39. The lowest BCUT2D eigenvalue weighted by Gasteiger charge is -1.99. The van der Waals surface area contributed by atoms with Crippen molar-refractivity contribution in [2.45, 2.75) is 4.90 Å². The lowest BCUT2D eigenvalue weighted by molar-refractivity contribution is 0.0662. The largest absolute Gasteiger partial charge is 0.430 e. The Labute approximate surface area is 120 Å². The van der Waals surface area contributed by atoms with Gasteiger partial charge >= 0.3 is 5.97 Å². The van der Waals surface area contributed by atoms with Crippen LogP contribution in [-0.4, -0.2) is 11.8 Å². The fourth-order valence-electron chi connectivity index (χ4n) is 1.87. The molecule has 1 aliphatic rings. The molecule has 0 unspecified atom stereocenters. The van der Waals surface area contributed by atoms with E-state index in [-0.39, 0.29) is 5.78 Å². The van der Waals surface area contributed by atoms with Gasteiger partial charge in [-0.2, -0.15) is 0 Å². The average Bonchev–Trinajstić information content (AvgIpc) is 2.83. The third-order valence-corrected chi connectivity index (χ3v) is 3.94. The number of thioether (sulfide) groups is 1. The van der Waals surface area contributed by atoms with Gasteiger partial charge in [0.2, 0.25) is 5.78 Å². The van der Waals surface area contributed by atoms with Gasteiger partial charge in [0.1, 0.15) is 6.26 Å². The van der Waals surface area contributed by atoms with Crippen molar-refractivity contribution in [2.75, 3.05) is 0 Å². The molecule has 3 nitrogen and oxygen atoms in total. The van der Waals surface area contributed by atoms with Crippen molar-refractivity contribution in [2.24, 2.45) is 0 Å². The third kappa shape index (κ3) is 2.38. The Morgan fingerprint density at radius 2 is 1.70 bits per heavy atom. The molecule has 2 aromatic carbocycles. The first kappa shape index (κ1) is 12.7. The number of fused-ring (bicyclic) bond motifs is 1. The number of allylic oxidation sites excluding steroid dienone is 1. The quantitative estimate of drug-likeness (QED) is 0.479. The lowest BCUT2D eigenvalue weighted by Crippen LogP contribution is -2.02. The highest BCUT2D eigenvalue weighted by Gasteiger charge is 2.26. The number of benzene rings is 2. The molecule has 0 atom stereocenters. The van der Waals surface area contributed by atoms with Crippen molar-refractivity contribution in [3.05, 3.63) is 76.9 Å². The molecule has 0 fully saturated rings. The lowest BCUT2D eigenvalue weighted by atomic mass is 10.1. The van der Waals surface area contributed by atoms with E-state index in [4.69, 9.17) is 4.74 Å². The zero-order valence-corrected chi connectivity index (χ0v) is 11.2. The smallest absolute Gasteiger partial charge is 0.342 e. The van der Waals surface area contributed by atoms with E-state index in [9.17, 15) is 9.59 Å². The Morgan fingerprint density at radius 3 is 2.45 bits per heavy atom. The minimum absolute atomic E-state index is 0.105. The van der Waals surface area contributed by atoms with Gasteiger partial charge in [0.25, 0.3) is 0 Å². The van der Waals surface area contributed by atoms with E-state index in [1.54, 1.807) is 30.3 Å². The predicted octanol–water partition coefficient (Wildman–Crippen LogP) is 3.67. The summed E-state index contributed by atoms with van der Waals surface area (Å²) in [6.07, 6.45) is 1.24. The van der Waals surface area contributed by atoms with Crippen LogP contribution in [0.5, 0.6) is 0 Å². The maximum absolute atomic E-state index is 12.1. The number of rotatable bonds is 2. The minimum atomic E-state index is -0.470. The molecule has 2 aromatic rings. The topological polar surface area (TPSA) is 43.4 Å². The summed E-state index contributed by atoms with van der Waals surface area (Å²) < 4.78 is 5.07. The molecular weight excluding hydrogens is 272 g/mol. The Balaban J connectivity index is 1.76. The number of hydrogen-bond acceptors (Lipinski definition) is 4. The van der Waals surface area contributed by atoms with Crippen molar-refractivity contribution in [1.82, 2.24) is 0 Å². The van der Waals surface area contributed by atoms with Crippen LogP contribution in [0.4, 0.5) is 0 Å². The van der Waals surface area contributed by atoms with Crippen molar-refractivity contribution < 1.29 is 14.3 Å². The van der Waals surface area contributed by atoms with Crippen molar-refractivity contribution in [3.63, 3.8) is 0 Å². The zero-order chi connectivity index (χ0) is 13.9. The Bertz CT molecular complexity index is 705. The predicted molar refractivity (Wildman–Crippen MR) is 76.6 cm³/mol. The van der Waals surface area contributed by atoms with Crippen LogP contribution in [0.15, 0.2) is 70.7 Å². The molecule has 4 heteroatoms. The molecule has 1 aliphatic heterocycles. The van der Waals surface area contributed by atoms with E-state index in [1.165, 1.54) is 18.0 Å². The van der Waals surface area contributed by atoms with E-state index < -0.39 is 5.97 Å². The molecule has 20 heavy (non-hydrogen) atoms. The number of carbonyl (C=O) groups is 2. The van der Waals surface area contributed by atoms with Gasteiger partial charge in [-0.15, -0.1) is 0 Å². The molecule has 0 bridgehead atoms. The van der Waals surface area contributed by atoms with E-state index in [0.29, 0.717) is 16.0 Å². The van der Waals surface area contributed by atoms with Crippen molar-refractivity contribution >= 4 is 23.5 Å². The molecule has 0 amide bonds. The Hall–Kier alpha value is -2.33. The zero-order valence-electron chi connectivity index (χ0n) is 10.4. The first-order valence-corrected chi connectivity index (χ1v) is 6.85. The van der Waals surface area contributed by atoms with Gasteiger partial charge in [-0.25, -0.2) is 4.79 Å². The molecular formula is C16H10O3S. The summed E-state index contributed by atoms with van der Waals surface area (Å²) in [4.78, 5) is 25.2. The van der Waals surface area contributed by atoms with E-state index in [1.807, 2.05) is 24.3 Å². The SMILES string of the molecule is O=C(OC=C1Sc2ccccc2C1=O)c1ccccc1. The third-order valence-electron chi connectivity index (χ3n) is 2.86. The summed E-state index contributed by atoms with van der Waals surface area (Å²) in [6, 6.07) is 16.0. The van der Waals surface area contributed by atoms with Crippen LogP contribution >= 0.6 is 11.8 Å². The number of ketones is 1. The van der Waals surface area contributed by atoms with Crippen LogP contribution in [-0.2, 0) is 4.74 Å². The highest BCUT2D eigenvalue weighted by molar-refractivity contribution is 8.04. The summed E-state index contributed by atoms with van der Waals surface area (Å²) >= 11 is 1.32. The van der Waals surface area contributed by atoms with Crippen LogP contribution in [0.1, 0.15) is 20.7 Å². The molecule has 0 aromatic heterocycles. The maximum Gasteiger partial charge on any atom is 0.342 e. The first-order valence-electron chi connectivity index (χ1n) is 6.03. The Morgan fingerprint density at radius 1 is 1.00 bits per heavy atom. The number of ether oxygens (including phenoxy) is 1. The van der Waals surface area contributed by atoms with E-state index >= 15 is 0 Å². The standard InChI is InChI=1S/C16H10O3S/c17-15-12-8-4-5-9-13(12)20-14(15)10-19-16(18)11-6-2-1-3-7-11/h1-10H. The molecule has 0 spiro atoms. The molecule has 1 heterocycles. The molecule has 0 radical (unpaired) electrons. The van der Waals surface area contributed by atoms with Crippen molar-refractivity contribution in [3.8, 4) is 0 Å². The molecule has 3 rings (SSSR count). The van der Waals surface area contributed by atoms with Gasteiger partial charge in [0.05, 0.1) is 10.5 Å². The Kier molecular flexibility index (Phi) is 3.39. The van der Waals surface area contributed by atoms with Crippen LogP contribution in [0.25, 0.3) is 0 Å². The maximum atomic E-state index is 12.1. The minimum Gasteiger partial charge on any atom is -0.430 e. The number of carbonyl (C=O) groups excluding carboxylic acids is 2. The number of Topliss-reactive ketones (excluding diaryl/α,β-unsaturated/α-hetero) is 1. The van der Waals surface area contributed by atoms with E-state index in [2.05, 4.69) is 0 Å². The summed E-state index contributed by atoms with van der Waals surface area (Å²) in [5, 5.41) is 0. The van der Waals surface area contributed by atoms with Crippen LogP contribution < -0.4 is 0 Å². The first-order chi connectivity index (χ1) is 9.75. The van der Waals surface area contributed by atoms with Gasteiger partial charge in [-0.05, 0) is 24.3 Å². The van der Waals surface area contributed by atoms with Gasteiger partial charge in [0.15, 0.2) is 0 Å².